The van der Waals surface area contributed by atoms with Crippen LogP contribution in [0, 0.1) is 5.92 Å². The van der Waals surface area contributed by atoms with Gasteiger partial charge in [0.2, 0.25) is 0 Å². The molecular weight excluding hydrogens is 451 g/mol. The van der Waals surface area contributed by atoms with Crippen LogP contribution in [0.25, 0.3) is 0 Å². The van der Waals surface area contributed by atoms with Gasteiger partial charge in [-0.25, -0.2) is 8.42 Å². The number of hydrogen-bond acceptors (Lipinski definition) is 4. The maximum absolute atomic E-state index is 11.4. The Bertz CT molecular complexity index is 479. The van der Waals surface area contributed by atoms with E-state index in [-0.39, 0.29) is 24.0 Å². The predicted octanol–water partition coefficient (Wildman–Crippen LogP) is 1.86. The second kappa shape index (κ2) is 12.3. The van der Waals surface area contributed by atoms with Gasteiger partial charge < -0.3 is 10.6 Å². The summed E-state index contributed by atoms with van der Waals surface area (Å²) in [7, 11) is -2.79. The molecule has 8 heteroatoms. The van der Waals surface area contributed by atoms with Crippen molar-refractivity contribution >= 4 is 39.8 Å². The minimum Gasteiger partial charge on any atom is -0.357 e. The van der Waals surface area contributed by atoms with Gasteiger partial charge >= 0.3 is 0 Å². The van der Waals surface area contributed by atoms with Gasteiger partial charge in [0.25, 0.3) is 0 Å². The van der Waals surface area contributed by atoms with Gasteiger partial charge in [-0.15, -0.1) is 24.0 Å². The maximum Gasteiger partial charge on any atom is 0.191 e. The molecule has 2 N–H and O–H groups in total. The molecular formula is C17H35IN4O2S. The van der Waals surface area contributed by atoms with Gasteiger partial charge in [-0.2, -0.15) is 0 Å². The van der Waals surface area contributed by atoms with Gasteiger partial charge in [0, 0.05) is 39.3 Å². The highest BCUT2D eigenvalue weighted by atomic mass is 127. The van der Waals surface area contributed by atoms with E-state index in [2.05, 4.69) is 27.4 Å². The summed E-state index contributed by atoms with van der Waals surface area (Å²) in [6.07, 6.45) is 8.13. The Morgan fingerprint density at radius 2 is 1.84 bits per heavy atom. The zero-order valence-electron chi connectivity index (χ0n) is 15.5. The van der Waals surface area contributed by atoms with Crippen LogP contribution in [-0.2, 0) is 9.84 Å². The van der Waals surface area contributed by atoms with E-state index in [9.17, 15) is 8.42 Å². The number of hydrogen-bond donors (Lipinski definition) is 2. The van der Waals surface area contributed by atoms with Crippen LogP contribution in [0.3, 0.4) is 0 Å². The van der Waals surface area contributed by atoms with Gasteiger partial charge in [0.05, 0.1) is 11.5 Å². The summed E-state index contributed by atoms with van der Waals surface area (Å²) in [6, 6.07) is 0. The molecule has 0 amide bonds. The first-order chi connectivity index (χ1) is 11.6. The van der Waals surface area contributed by atoms with Gasteiger partial charge in [-0.1, -0.05) is 25.7 Å². The van der Waals surface area contributed by atoms with Crippen LogP contribution in [0.4, 0.5) is 0 Å². The molecule has 6 nitrogen and oxygen atoms in total. The van der Waals surface area contributed by atoms with Crippen molar-refractivity contribution in [3.8, 4) is 0 Å². The van der Waals surface area contributed by atoms with E-state index in [4.69, 9.17) is 0 Å². The molecule has 1 saturated heterocycles. The molecule has 1 heterocycles. The summed E-state index contributed by atoms with van der Waals surface area (Å²) in [6.45, 7) is 6.78. The van der Waals surface area contributed by atoms with Crippen molar-refractivity contribution in [1.82, 2.24) is 15.5 Å². The fourth-order valence-corrected chi connectivity index (χ4v) is 4.79. The lowest BCUT2D eigenvalue weighted by molar-refractivity contribution is 0.299. The lowest BCUT2D eigenvalue weighted by atomic mass is 10.0. The number of nitrogens with zero attached hydrogens (tertiary/aromatic N) is 2. The fourth-order valence-electron chi connectivity index (χ4n) is 3.52. The molecule has 1 saturated carbocycles. The number of aliphatic imine (C=N–C) groups is 1. The Kier molecular flexibility index (Phi) is 11.3. The number of nitrogens with one attached hydrogen (secondary N) is 2. The van der Waals surface area contributed by atoms with E-state index < -0.39 is 9.84 Å². The second-order valence-electron chi connectivity index (χ2n) is 6.97. The van der Waals surface area contributed by atoms with Crippen LogP contribution in [0.2, 0.25) is 0 Å². The van der Waals surface area contributed by atoms with Crippen LogP contribution < -0.4 is 10.6 Å². The van der Waals surface area contributed by atoms with Gasteiger partial charge in [-0.05, 0) is 25.7 Å². The molecule has 0 radical (unpaired) electrons. The number of sulfone groups is 1. The smallest absolute Gasteiger partial charge is 0.191 e. The largest absolute Gasteiger partial charge is 0.357 e. The average molecular weight is 486 g/mol. The Morgan fingerprint density at radius 1 is 1.16 bits per heavy atom. The molecule has 1 aliphatic heterocycles. The molecule has 0 atom stereocenters. The summed E-state index contributed by atoms with van der Waals surface area (Å²) < 4.78 is 22.9. The summed E-state index contributed by atoms with van der Waals surface area (Å²) >= 11 is 0. The highest BCUT2D eigenvalue weighted by Crippen LogP contribution is 2.28. The van der Waals surface area contributed by atoms with Crippen molar-refractivity contribution in [2.75, 3.05) is 50.8 Å². The Balaban J connectivity index is 0.00000312. The molecule has 0 bridgehead atoms. The van der Waals surface area contributed by atoms with Crippen LogP contribution in [0.1, 0.15) is 45.4 Å². The monoisotopic (exact) mass is 486 g/mol. The van der Waals surface area contributed by atoms with Gasteiger partial charge in [-0.3, -0.25) is 9.89 Å². The van der Waals surface area contributed by atoms with Crippen molar-refractivity contribution in [2.45, 2.75) is 45.4 Å². The van der Waals surface area contributed by atoms with Crippen molar-refractivity contribution in [2.24, 2.45) is 10.9 Å². The molecule has 25 heavy (non-hydrogen) atoms. The summed E-state index contributed by atoms with van der Waals surface area (Å²) in [5.41, 5.74) is 0. The normalized spacial score (nSPS) is 21.7. The van der Waals surface area contributed by atoms with Crippen LogP contribution in [0.5, 0.6) is 0 Å². The third kappa shape index (κ3) is 9.42. The highest BCUT2D eigenvalue weighted by molar-refractivity contribution is 14.0. The van der Waals surface area contributed by atoms with Gasteiger partial charge in [0.1, 0.15) is 0 Å². The number of guanidine groups is 1. The third-order valence-electron chi connectivity index (χ3n) is 5.02. The number of halogens is 1. The molecule has 0 aromatic rings. The lowest BCUT2D eigenvalue weighted by Gasteiger charge is -2.26. The average Bonchev–Trinajstić information content (AvgIpc) is 3.06. The number of rotatable bonds is 8. The molecule has 2 fully saturated rings. The SMILES string of the molecule is CCNC(=NCCCC1CCCC1)NCCN1CCS(=O)(=O)CC1.I. The lowest BCUT2D eigenvalue weighted by Crippen LogP contribution is -2.46. The highest BCUT2D eigenvalue weighted by Gasteiger charge is 2.20. The van der Waals surface area contributed by atoms with E-state index in [0.29, 0.717) is 24.6 Å². The zero-order valence-corrected chi connectivity index (χ0v) is 18.7. The van der Waals surface area contributed by atoms with Crippen molar-refractivity contribution in [3.63, 3.8) is 0 Å². The Labute approximate surface area is 170 Å². The summed E-state index contributed by atoms with van der Waals surface area (Å²) in [5, 5.41) is 6.65. The molecule has 1 aliphatic carbocycles. The van der Waals surface area contributed by atoms with E-state index in [1.54, 1.807) is 0 Å². The van der Waals surface area contributed by atoms with Crippen molar-refractivity contribution < 1.29 is 8.42 Å². The summed E-state index contributed by atoms with van der Waals surface area (Å²) in [5.74, 6) is 2.41. The summed E-state index contributed by atoms with van der Waals surface area (Å²) in [4.78, 5) is 6.87. The molecule has 0 unspecified atom stereocenters. The molecule has 148 valence electrons. The maximum atomic E-state index is 11.4. The molecule has 2 aliphatic rings. The van der Waals surface area contributed by atoms with Crippen LogP contribution >= 0.6 is 24.0 Å². The van der Waals surface area contributed by atoms with E-state index in [0.717, 1.165) is 38.1 Å². The minimum atomic E-state index is -2.79. The second-order valence-corrected chi connectivity index (χ2v) is 9.28. The Hall–Kier alpha value is -0.0900. The van der Waals surface area contributed by atoms with Crippen molar-refractivity contribution in [1.29, 1.82) is 0 Å². The first-order valence-electron chi connectivity index (χ1n) is 9.54. The molecule has 2 rings (SSSR count). The topological polar surface area (TPSA) is 73.8 Å². The van der Waals surface area contributed by atoms with Crippen LogP contribution in [0.15, 0.2) is 4.99 Å². The molecule has 0 aromatic carbocycles. The van der Waals surface area contributed by atoms with E-state index in [1.165, 1.54) is 38.5 Å². The van der Waals surface area contributed by atoms with E-state index >= 15 is 0 Å². The predicted molar refractivity (Wildman–Crippen MR) is 116 cm³/mol. The zero-order chi connectivity index (χ0) is 17.3. The minimum absolute atomic E-state index is 0. The first kappa shape index (κ1) is 23.0. The quantitative estimate of drug-likeness (QED) is 0.237. The van der Waals surface area contributed by atoms with Crippen molar-refractivity contribution in [3.05, 3.63) is 0 Å². The van der Waals surface area contributed by atoms with Gasteiger partial charge in [0.15, 0.2) is 15.8 Å². The molecule has 0 spiro atoms. The molecule has 0 aromatic heterocycles. The van der Waals surface area contributed by atoms with E-state index in [1.807, 2.05) is 0 Å². The fraction of sp³-hybridized carbons (Fsp3) is 0.941. The first-order valence-corrected chi connectivity index (χ1v) is 11.4. The third-order valence-corrected chi connectivity index (χ3v) is 6.63. The Morgan fingerprint density at radius 3 is 2.48 bits per heavy atom. The van der Waals surface area contributed by atoms with Crippen LogP contribution in [-0.4, -0.2) is 70.1 Å². The standard InChI is InChI=1S/C17H34N4O2S.HI/c1-2-18-17(19-9-5-8-16-6-3-4-7-16)20-10-11-21-12-14-24(22,23)15-13-21;/h16H,2-15H2,1H3,(H2,18,19,20);1H.